The quantitative estimate of drug-likeness (QED) is 0.765. The highest BCUT2D eigenvalue weighted by molar-refractivity contribution is 5.75. The lowest BCUT2D eigenvalue weighted by atomic mass is 10.1. The van der Waals surface area contributed by atoms with E-state index in [4.69, 9.17) is 5.11 Å². The number of hydrogen-bond donors (Lipinski definition) is 2. The molecule has 0 saturated heterocycles. The van der Waals surface area contributed by atoms with Crippen LogP contribution in [0.2, 0.25) is 0 Å². The highest BCUT2D eigenvalue weighted by Gasteiger charge is 2.17. The van der Waals surface area contributed by atoms with Gasteiger partial charge in [-0.1, -0.05) is 36.8 Å². The maximum atomic E-state index is 10.9. The molecule has 0 bridgehead atoms. The van der Waals surface area contributed by atoms with Crippen molar-refractivity contribution >= 4 is 5.97 Å². The smallest absolute Gasteiger partial charge is 0.325 e. The molecule has 0 aliphatic rings. The SMILES string of the molecule is CCNC(C(=O)O)c1ccc(C)cc1. The largest absolute Gasteiger partial charge is 0.480 e. The average molecular weight is 193 g/mol. The topological polar surface area (TPSA) is 49.3 Å². The molecule has 3 heteroatoms. The number of rotatable bonds is 4. The van der Waals surface area contributed by atoms with Crippen molar-refractivity contribution in [3.63, 3.8) is 0 Å². The summed E-state index contributed by atoms with van der Waals surface area (Å²) < 4.78 is 0. The minimum Gasteiger partial charge on any atom is -0.480 e. The first kappa shape index (κ1) is 10.7. The number of aliphatic carboxylic acids is 1. The van der Waals surface area contributed by atoms with Crippen LogP contribution in [0.5, 0.6) is 0 Å². The maximum Gasteiger partial charge on any atom is 0.325 e. The lowest BCUT2D eigenvalue weighted by Crippen LogP contribution is -2.28. The molecule has 0 radical (unpaired) electrons. The van der Waals surface area contributed by atoms with Gasteiger partial charge in [0.1, 0.15) is 6.04 Å². The first-order chi connectivity index (χ1) is 6.65. The second-order valence-electron chi connectivity index (χ2n) is 3.24. The van der Waals surface area contributed by atoms with Gasteiger partial charge >= 0.3 is 5.97 Å². The highest BCUT2D eigenvalue weighted by Crippen LogP contribution is 2.13. The minimum absolute atomic E-state index is 0.597. The van der Waals surface area contributed by atoms with Gasteiger partial charge in [-0.15, -0.1) is 0 Å². The Morgan fingerprint density at radius 1 is 1.43 bits per heavy atom. The Hall–Kier alpha value is -1.35. The molecule has 76 valence electrons. The lowest BCUT2D eigenvalue weighted by Gasteiger charge is -2.13. The van der Waals surface area contributed by atoms with Crippen molar-refractivity contribution in [2.45, 2.75) is 19.9 Å². The molecule has 1 rings (SSSR count). The van der Waals surface area contributed by atoms with E-state index in [1.807, 2.05) is 38.1 Å². The molecule has 1 aromatic rings. The van der Waals surface area contributed by atoms with E-state index in [0.717, 1.165) is 11.1 Å². The summed E-state index contributed by atoms with van der Waals surface area (Å²) >= 11 is 0. The fourth-order valence-electron chi connectivity index (χ4n) is 1.31. The molecular weight excluding hydrogens is 178 g/mol. The third-order valence-corrected chi connectivity index (χ3v) is 2.07. The van der Waals surface area contributed by atoms with Crippen LogP contribution in [0.4, 0.5) is 0 Å². The molecule has 1 unspecified atom stereocenters. The van der Waals surface area contributed by atoms with Gasteiger partial charge in [-0.3, -0.25) is 4.79 Å². The molecule has 0 aliphatic carbocycles. The van der Waals surface area contributed by atoms with Crippen molar-refractivity contribution in [3.05, 3.63) is 35.4 Å². The van der Waals surface area contributed by atoms with Gasteiger partial charge in [-0.05, 0) is 19.0 Å². The molecule has 0 aliphatic heterocycles. The molecule has 2 N–H and O–H groups in total. The van der Waals surface area contributed by atoms with E-state index < -0.39 is 12.0 Å². The van der Waals surface area contributed by atoms with Crippen molar-refractivity contribution in [3.8, 4) is 0 Å². The molecule has 3 nitrogen and oxygen atoms in total. The molecular formula is C11H15NO2. The zero-order valence-corrected chi connectivity index (χ0v) is 8.45. The first-order valence-corrected chi connectivity index (χ1v) is 4.68. The summed E-state index contributed by atoms with van der Waals surface area (Å²) in [6.45, 7) is 4.52. The van der Waals surface area contributed by atoms with Crippen LogP contribution >= 0.6 is 0 Å². The molecule has 0 heterocycles. The summed E-state index contributed by atoms with van der Waals surface area (Å²) in [5.41, 5.74) is 1.93. The zero-order chi connectivity index (χ0) is 10.6. The van der Waals surface area contributed by atoms with Crippen LogP contribution in [0.15, 0.2) is 24.3 Å². The molecule has 0 spiro atoms. The monoisotopic (exact) mass is 193 g/mol. The van der Waals surface area contributed by atoms with Crippen LogP contribution in [-0.4, -0.2) is 17.6 Å². The van der Waals surface area contributed by atoms with Gasteiger partial charge in [0.2, 0.25) is 0 Å². The van der Waals surface area contributed by atoms with Crippen LogP contribution in [0.1, 0.15) is 24.1 Å². The Morgan fingerprint density at radius 2 is 2.00 bits per heavy atom. The Balaban J connectivity index is 2.87. The predicted octanol–water partition coefficient (Wildman–Crippen LogP) is 1.73. The van der Waals surface area contributed by atoms with Gasteiger partial charge in [0.05, 0.1) is 0 Å². The molecule has 1 atom stereocenters. The predicted molar refractivity (Wildman–Crippen MR) is 55.2 cm³/mol. The van der Waals surface area contributed by atoms with Crippen molar-refractivity contribution in [2.75, 3.05) is 6.54 Å². The normalized spacial score (nSPS) is 12.4. The van der Waals surface area contributed by atoms with E-state index in [-0.39, 0.29) is 0 Å². The molecule has 1 aromatic carbocycles. The number of aryl methyl sites for hydroxylation is 1. The summed E-state index contributed by atoms with van der Waals surface area (Å²) in [6, 6.07) is 6.93. The summed E-state index contributed by atoms with van der Waals surface area (Å²) in [5, 5.41) is 11.9. The molecule has 14 heavy (non-hydrogen) atoms. The van der Waals surface area contributed by atoms with Gasteiger partial charge in [0.15, 0.2) is 0 Å². The molecule has 0 fully saturated rings. The van der Waals surface area contributed by atoms with E-state index >= 15 is 0 Å². The third kappa shape index (κ3) is 2.57. The fraction of sp³-hybridized carbons (Fsp3) is 0.364. The van der Waals surface area contributed by atoms with Gasteiger partial charge in [-0.25, -0.2) is 0 Å². The van der Waals surface area contributed by atoms with Crippen molar-refractivity contribution in [1.82, 2.24) is 5.32 Å². The van der Waals surface area contributed by atoms with Gasteiger partial charge in [-0.2, -0.15) is 0 Å². The third-order valence-electron chi connectivity index (χ3n) is 2.07. The molecule has 0 aromatic heterocycles. The lowest BCUT2D eigenvalue weighted by molar-refractivity contribution is -0.139. The second kappa shape index (κ2) is 4.77. The zero-order valence-electron chi connectivity index (χ0n) is 8.45. The van der Waals surface area contributed by atoms with Crippen LogP contribution in [-0.2, 0) is 4.79 Å². The average Bonchev–Trinajstić information content (AvgIpc) is 2.15. The van der Waals surface area contributed by atoms with Crippen LogP contribution < -0.4 is 5.32 Å². The second-order valence-corrected chi connectivity index (χ2v) is 3.24. The summed E-state index contributed by atoms with van der Waals surface area (Å²) in [6.07, 6.45) is 0. The Labute approximate surface area is 83.8 Å². The van der Waals surface area contributed by atoms with Gasteiger partial charge in [0, 0.05) is 0 Å². The van der Waals surface area contributed by atoms with E-state index in [0.29, 0.717) is 6.54 Å². The highest BCUT2D eigenvalue weighted by atomic mass is 16.4. The fourth-order valence-corrected chi connectivity index (χ4v) is 1.31. The van der Waals surface area contributed by atoms with Crippen molar-refractivity contribution in [1.29, 1.82) is 0 Å². The summed E-state index contributed by atoms with van der Waals surface area (Å²) in [5.74, 6) is -0.837. The minimum atomic E-state index is -0.837. The number of likely N-dealkylation sites (N-methyl/N-ethyl adjacent to an activating group) is 1. The van der Waals surface area contributed by atoms with Crippen LogP contribution in [0.3, 0.4) is 0 Å². The van der Waals surface area contributed by atoms with E-state index in [1.165, 1.54) is 0 Å². The first-order valence-electron chi connectivity index (χ1n) is 4.68. The van der Waals surface area contributed by atoms with Gasteiger partial charge < -0.3 is 10.4 Å². The number of carboxylic acids is 1. The van der Waals surface area contributed by atoms with Crippen LogP contribution in [0.25, 0.3) is 0 Å². The molecule has 0 amide bonds. The molecule has 0 saturated carbocycles. The number of hydrogen-bond acceptors (Lipinski definition) is 2. The van der Waals surface area contributed by atoms with E-state index in [1.54, 1.807) is 0 Å². The van der Waals surface area contributed by atoms with Gasteiger partial charge in [0.25, 0.3) is 0 Å². The standard InChI is InChI=1S/C11H15NO2/c1-3-12-10(11(13)14)9-6-4-8(2)5-7-9/h4-7,10,12H,3H2,1-2H3,(H,13,14). The Kier molecular flexibility index (Phi) is 3.65. The van der Waals surface area contributed by atoms with Crippen LogP contribution in [0, 0.1) is 6.92 Å². The Bertz CT molecular complexity index is 306. The maximum absolute atomic E-state index is 10.9. The number of carbonyl (C=O) groups is 1. The van der Waals surface area contributed by atoms with Crippen molar-refractivity contribution < 1.29 is 9.90 Å². The number of benzene rings is 1. The van der Waals surface area contributed by atoms with E-state index in [2.05, 4.69) is 5.32 Å². The number of carboxylic acid groups (broad SMARTS) is 1. The van der Waals surface area contributed by atoms with Crippen molar-refractivity contribution in [2.24, 2.45) is 0 Å². The summed E-state index contributed by atoms with van der Waals surface area (Å²) in [4.78, 5) is 10.9. The number of nitrogens with one attached hydrogen (secondary N) is 1. The Morgan fingerprint density at radius 3 is 2.43 bits per heavy atom. The van der Waals surface area contributed by atoms with E-state index in [9.17, 15) is 4.79 Å². The summed E-state index contributed by atoms with van der Waals surface area (Å²) in [7, 11) is 0.